The smallest absolute Gasteiger partial charge is 0.406 e. The molecule has 1 fully saturated rings. The summed E-state index contributed by atoms with van der Waals surface area (Å²) in [6, 6.07) is 12.2. The Morgan fingerprint density at radius 3 is 2.38 bits per heavy atom. The zero-order chi connectivity index (χ0) is 23.9. The lowest BCUT2D eigenvalue weighted by atomic mass is 9.80. The molecule has 6 nitrogen and oxygen atoms in total. The number of hydrogen-bond donors (Lipinski definition) is 2. The Kier molecular flexibility index (Phi) is 5.71. The fraction of sp³-hybridized carbons (Fsp3) is 0.360. The molecule has 1 aliphatic rings. The second kappa shape index (κ2) is 8.70. The van der Waals surface area contributed by atoms with Gasteiger partial charge in [-0.15, -0.1) is 13.2 Å². The van der Waals surface area contributed by atoms with Gasteiger partial charge in [0.2, 0.25) is 5.95 Å². The predicted octanol–water partition coefficient (Wildman–Crippen LogP) is 7.07. The molecule has 0 amide bonds. The third kappa shape index (κ3) is 4.73. The Morgan fingerprint density at radius 1 is 1.00 bits per heavy atom. The van der Waals surface area contributed by atoms with Gasteiger partial charge in [-0.3, -0.25) is 5.10 Å². The number of H-pyrrole nitrogens is 1. The van der Waals surface area contributed by atoms with E-state index in [4.69, 9.17) is 4.98 Å². The fourth-order valence-electron chi connectivity index (χ4n) is 5.13. The number of hydrogen-bond acceptors (Lipinski definition) is 4. The molecule has 1 aliphatic carbocycles. The molecule has 0 radical (unpaired) electrons. The zero-order valence-corrected chi connectivity index (χ0v) is 18.9. The van der Waals surface area contributed by atoms with Gasteiger partial charge in [-0.2, -0.15) is 5.10 Å². The summed E-state index contributed by atoms with van der Waals surface area (Å²) in [7, 11) is 0. The number of aromatic amines is 1. The molecular formula is C25H26F3N5O. The van der Waals surface area contributed by atoms with Crippen molar-refractivity contribution in [2.75, 3.05) is 5.32 Å². The maximum Gasteiger partial charge on any atom is 0.573 e. The summed E-state index contributed by atoms with van der Waals surface area (Å²) in [4.78, 5) is 4.90. The van der Waals surface area contributed by atoms with E-state index in [0.717, 1.165) is 35.0 Å². The van der Waals surface area contributed by atoms with Crippen molar-refractivity contribution >= 4 is 22.7 Å². The second-order valence-corrected chi connectivity index (χ2v) is 9.26. The predicted molar refractivity (Wildman–Crippen MR) is 125 cm³/mol. The van der Waals surface area contributed by atoms with E-state index in [1.165, 1.54) is 18.6 Å². The summed E-state index contributed by atoms with van der Waals surface area (Å²) in [6.45, 7) is 4.57. The molecule has 34 heavy (non-hydrogen) atoms. The summed E-state index contributed by atoms with van der Waals surface area (Å²) in [5, 5.41) is 10.2. The Balaban J connectivity index is 1.52. The molecule has 9 heteroatoms. The molecule has 1 saturated carbocycles. The van der Waals surface area contributed by atoms with Gasteiger partial charge < -0.3 is 14.6 Å². The van der Waals surface area contributed by atoms with E-state index in [2.05, 4.69) is 50.8 Å². The van der Waals surface area contributed by atoms with Crippen molar-refractivity contribution in [3.8, 4) is 16.9 Å². The van der Waals surface area contributed by atoms with Crippen LogP contribution in [-0.4, -0.2) is 26.1 Å². The van der Waals surface area contributed by atoms with Crippen LogP contribution in [0, 0.1) is 11.8 Å². The van der Waals surface area contributed by atoms with Gasteiger partial charge in [-0.1, -0.05) is 19.9 Å². The molecule has 2 heterocycles. The number of anilines is 2. The molecule has 0 saturated heterocycles. The number of nitrogens with zero attached hydrogens (tertiary/aromatic N) is 3. The number of halogens is 3. The number of nitrogens with one attached hydrogen (secondary N) is 2. The van der Waals surface area contributed by atoms with Crippen LogP contribution in [0.25, 0.3) is 22.2 Å². The number of aromatic nitrogens is 4. The minimum Gasteiger partial charge on any atom is -0.406 e. The first-order chi connectivity index (χ1) is 16.2. The summed E-state index contributed by atoms with van der Waals surface area (Å²) >= 11 is 0. The monoisotopic (exact) mass is 469 g/mol. The highest BCUT2D eigenvalue weighted by molar-refractivity contribution is 5.85. The maximum atomic E-state index is 12.5. The SMILES string of the molecule is CC1CC(C)CC(n2c(Nc3ccc(OC(F)(F)F)cc3)nc3cc(-c4cn[nH]c4)ccc32)C1. The van der Waals surface area contributed by atoms with E-state index in [9.17, 15) is 13.2 Å². The van der Waals surface area contributed by atoms with E-state index in [1.54, 1.807) is 18.3 Å². The van der Waals surface area contributed by atoms with Crippen molar-refractivity contribution in [3.63, 3.8) is 0 Å². The minimum absolute atomic E-state index is 0.258. The van der Waals surface area contributed by atoms with Crippen molar-refractivity contribution in [2.24, 2.45) is 11.8 Å². The normalized spacial score (nSPS) is 21.0. The summed E-state index contributed by atoms with van der Waals surface area (Å²) in [5.41, 5.74) is 4.50. The highest BCUT2D eigenvalue weighted by Gasteiger charge is 2.31. The molecule has 2 N–H and O–H groups in total. The fourth-order valence-corrected chi connectivity index (χ4v) is 5.13. The van der Waals surface area contributed by atoms with Gasteiger partial charge in [0.25, 0.3) is 0 Å². The van der Waals surface area contributed by atoms with Crippen molar-refractivity contribution < 1.29 is 17.9 Å². The Bertz CT molecular complexity index is 1250. The van der Waals surface area contributed by atoms with Crippen LogP contribution in [0.4, 0.5) is 24.8 Å². The number of alkyl halides is 3. The first-order valence-electron chi connectivity index (χ1n) is 11.4. The molecule has 178 valence electrons. The molecule has 0 spiro atoms. The summed E-state index contributed by atoms with van der Waals surface area (Å²) < 4.78 is 43.8. The highest BCUT2D eigenvalue weighted by atomic mass is 19.4. The molecule has 0 bridgehead atoms. The van der Waals surface area contributed by atoms with Crippen LogP contribution >= 0.6 is 0 Å². The lowest BCUT2D eigenvalue weighted by Gasteiger charge is -2.33. The minimum atomic E-state index is -4.72. The highest BCUT2D eigenvalue weighted by Crippen LogP contribution is 2.40. The topological polar surface area (TPSA) is 67.8 Å². The van der Waals surface area contributed by atoms with Gasteiger partial charge in [0.05, 0.1) is 17.2 Å². The van der Waals surface area contributed by atoms with Crippen LogP contribution in [0.5, 0.6) is 5.75 Å². The Hall–Kier alpha value is -3.49. The van der Waals surface area contributed by atoms with Crippen LogP contribution in [0.2, 0.25) is 0 Å². The number of ether oxygens (including phenoxy) is 1. The Morgan fingerprint density at radius 2 is 1.74 bits per heavy atom. The van der Waals surface area contributed by atoms with Crippen LogP contribution in [0.3, 0.4) is 0 Å². The second-order valence-electron chi connectivity index (χ2n) is 9.26. The standard InChI is InChI=1S/C25H26F3N5O/c1-15-9-16(2)11-20(10-15)33-23-8-3-17(18-13-29-30-14-18)12-22(23)32-24(33)31-19-4-6-21(7-5-19)34-25(26,27)28/h3-8,12-16,20H,9-11H2,1-2H3,(H,29,30)(H,31,32). The van der Waals surface area contributed by atoms with E-state index in [1.807, 2.05) is 12.3 Å². The van der Waals surface area contributed by atoms with E-state index in [-0.39, 0.29) is 11.8 Å². The lowest BCUT2D eigenvalue weighted by Crippen LogP contribution is -2.23. The maximum absolute atomic E-state index is 12.5. The summed E-state index contributed by atoms with van der Waals surface area (Å²) in [6.07, 6.45) is 2.19. The third-order valence-electron chi connectivity index (χ3n) is 6.38. The molecule has 2 atom stereocenters. The molecule has 5 rings (SSSR count). The van der Waals surface area contributed by atoms with Crippen LogP contribution in [0.15, 0.2) is 54.9 Å². The summed E-state index contributed by atoms with van der Waals surface area (Å²) in [5.74, 6) is 1.62. The number of benzene rings is 2. The first-order valence-corrected chi connectivity index (χ1v) is 11.4. The van der Waals surface area contributed by atoms with Crippen molar-refractivity contribution in [1.29, 1.82) is 0 Å². The van der Waals surface area contributed by atoms with Gasteiger partial charge in [0.1, 0.15) is 5.75 Å². The van der Waals surface area contributed by atoms with Crippen molar-refractivity contribution in [2.45, 2.75) is 45.5 Å². The van der Waals surface area contributed by atoms with Crippen molar-refractivity contribution in [3.05, 3.63) is 54.9 Å². The van der Waals surface area contributed by atoms with Gasteiger partial charge in [-0.25, -0.2) is 4.98 Å². The molecule has 0 aliphatic heterocycles. The number of imidazole rings is 1. The zero-order valence-electron chi connectivity index (χ0n) is 18.9. The average Bonchev–Trinajstić information content (AvgIpc) is 3.40. The van der Waals surface area contributed by atoms with Crippen LogP contribution in [0.1, 0.15) is 39.2 Å². The molecule has 2 aromatic carbocycles. The number of rotatable bonds is 5. The van der Waals surface area contributed by atoms with Gasteiger partial charge in [-0.05, 0) is 73.1 Å². The molecule has 2 aromatic heterocycles. The molecule has 2 unspecified atom stereocenters. The number of fused-ring (bicyclic) bond motifs is 1. The third-order valence-corrected chi connectivity index (χ3v) is 6.38. The Labute approximate surface area is 195 Å². The van der Waals surface area contributed by atoms with Gasteiger partial charge >= 0.3 is 6.36 Å². The lowest BCUT2D eigenvalue weighted by molar-refractivity contribution is -0.274. The van der Waals surface area contributed by atoms with Gasteiger partial charge in [0.15, 0.2) is 0 Å². The van der Waals surface area contributed by atoms with Crippen LogP contribution in [-0.2, 0) is 0 Å². The van der Waals surface area contributed by atoms with Crippen molar-refractivity contribution in [1.82, 2.24) is 19.7 Å². The van der Waals surface area contributed by atoms with Crippen LogP contribution < -0.4 is 10.1 Å². The quantitative estimate of drug-likeness (QED) is 0.328. The van der Waals surface area contributed by atoms with E-state index >= 15 is 0 Å². The van der Waals surface area contributed by atoms with E-state index in [0.29, 0.717) is 23.5 Å². The molecular weight excluding hydrogens is 443 g/mol. The van der Waals surface area contributed by atoms with Gasteiger partial charge in [0, 0.05) is 23.5 Å². The van der Waals surface area contributed by atoms with E-state index < -0.39 is 6.36 Å². The average molecular weight is 470 g/mol. The molecule has 4 aromatic rings. The largest absolute Gasteiger partial charge is 0.573 e. The first kappa shape index (κ1) is 22.3.